The lowest BCUT2D eigenvalue weighted by atomic mass is 10.3. The van der Waals surface area contributed by atoms with Gasteiger partial charge in [-0.15, -0.1) is 0 Å². The average molecular weight is 342 g/mol. The summed E-state index contributed by atoms with van der Waals surface area (Å²) in [5.41, 5.74) is 0.709. The molecule has 0 aliphatic carbocycles. The third kappa shape index (κ3) is 3.31. The molecule has 0 bridgehead atoms. The highest BCUT2D eigenvalue weighted by molar-refractivity contribution is 5.91. The molecule has 25 heavy (non-hydrogen) atoms. The Balaban J connectivity index is 1.42. The summed E-state index contributed by atoms with van der Waals surface area (Å²) < 4.78 is 11.3. The van der Waals surface area contributed by atoms with E-state index in [-0.39, 0.29) is 17.8 Å². The summed E-state index contributed by atoms with van der Waals surface area (Å²) >= 11 is 0. The van der Waals surface area contributed by atoms with Gasteiger partial charge in [0.1, 0.15) is 6.10 Å². The fourth-order valence-corrected chi connectivity index (χ4v) is 3.45. The largest absolute Gasteiger partial charge is 0.485 e. The molecule has 132 valence electrons. The summed E-state index contributed by atoms with van der Waals surface area (Å²) in [5, 5.41) is 3.78. The Morgan fingerprint density at radius 3 is 2.92 bits per heavy atom. The van der Waals surface area contributed by atoms with E-state index in [0.29, 0.717) is 18.8 Å². The molecule has 2 aromatic rings. The molecule has 4 rings (SSSR count). The van der Waals surface area contributed by atoms with Crippen molar-refractivity contribution in [2.45, 2.75) is 32.3 Å². The van der Waals surface area contributed by atoms with Crippen LogP contribution >= 0.6 is 0 Å². The van der Waals surface area contributed by atoms with Crippen molar-refractivity contribution in [2.75, 3.05) is 31.1 Å². The number of aromatic nitrogens is 2. The van der Waals surface area contributed by atoms with Crippen molar-refractivity contribution in [1.82, 2.24) is 15.0 Å². The Kier molecular flexibility index (Phi) is 4.29. The Bertz CT molecular complexity index is 754. The van der Waals surface area contributed by atoms with E-state index in [0.717, 1.165) is 31.1 Å². The Morgan fingerprint density at radius 1 is 1.32 bits per heavy atom. The number of aryl methyl sites for hydroxylation is 1. The highest BCUT2D eigenvalue weighted by Gasteiger charge is 2.31. The second-order valence-electron chi connectivity index (χ2n) is 6.63. The van der Waals surface area contributed by atoms with Gasteiger partial charge < -0.3 is 19.1 Å². The van der Waals surface area contributed by atoms with Crippen LogP contribution in [0.15, 0.2) is 28.9 Å². The first-order chi connectivity index (χ1) is 12.2. The Hall–Kier alpha value is -2.57. The molecule has 0 aromatic carbocycles. The maximum atomic E-state index is 12.5. The smallest absolute Gasteiger partial charge is 0.292 e. The normalized spacial score (nSPS) is 20.3. The number of carbonyl (C=O) groups excluding carboxylic acids is 1. The molecule has 0 saturated carbocycles. The van der Waals surface area contributed by atoms with Crippen molar-refractivity contribution in [3.05, 3.63) is 35.9 Å². The first-order valence-corrected chi connectivity index (χ1v) is 8.80. The molecule has 0 unspecified atom stereocenters. The lowest BCUT2D eigenvalue weighted by Gasteiger charge is -2.22. The number of likely N-dealkylation sites (tertiary alicyclic amines) is 1. The molecule has 4 heterocycles. The van der Waals surface area contributed by atoms with Crippen molar-refractivity contribution in [3.63, 3.8) is 0 Å². The van der Waals surface area contributed by atoms with Gasteiger partial charge in [0.25, 0.3) is 5.91 Å². The van der Waals surface area contributed by atoms with E-state index in [1.807, 2.05) is 12.1 Å². The number of ether oxygens (including phenoxy) is 1. The molecule has 0 N–H and O–H groups in total. The minimum absolute atomic E-state index is 0.0291. The van der Waals surface area contributed by atoms with Crippen LogP contribution < -0.4 is 9.64 Å². The highest BCUT2D eigenvalue weighted by Crippen LogP contribution is 2.30. The topological polar surface area (TPSA) is 71.7 Å². The first-order valence-electron chi connectivity index (χ1n) is 8.80. The molecule has 7 nitrogen and oxygen atoms in total. The molecule has 2 fully saturated rings. The van der Waals surface area contributed by atoms with Crippen LogP contribution in [0, 0.1) is 6.92 Å². The molecular weight excluding hydrogens is 320 g/mol. The standard InChI is InChI=1S/C18H22N4O3/c1-13-11-16(25-20-13)18(23)22-10-6-14(12-22)24-15-5-4-7-19-17(15)21-8-2-3-9-21/h4-5,7,11,14H,2-3,6,8-10,12H2,1H3/t14-/m0/s1. The van der Waals surface area contributed by atoms with Crippen LogP contribution in [0.4, 0.5) is 5.82 Å². The van der Waals surface area contributed by atoms with Gasteiger partial charge in [-0.3, -0.25) is 4.79 Å². The van der Waals surface area contributed by atoms with Crippen LogP contribution in [0.3, 0.4) is 0 Å². The summed E-state index contributed by atoms with van der Waals surface area (Å²) in [6, 6.07) is 5.53. The second kappa shape index (κ2) is 6.74. The SMILES string of the molecule is Cc1cc(C(=O)N2CC[C@H](Oc3cccnc3N3CCCC3)C2)on1. The summed E-state index contributed by atoms with van der Waals surface area (Å²) in [5.74, 6) is 1.88. The Labute approximate surface area is 146 Å². The van der Waals surface area contributed by atoms with Crippen LogP contribution in [0.5, 0.6) is 5.75 Å². The number of rotatable bonds is 4. The fourth-order valence-electron chi connectivity index (χ4n) is 3.45. The van der Waals surface area contributed by atoms with Crippen molar-refractivity contribution < 1.29 is 14.1 Å². The van der Waals surface area contributed by atoms with Gasteiger partial charge in [0.05, 0.1) is 12.2 Å². The number of nitrogens with zero attached hydrogens (tertiary/aromatic N) is 4. The lowest BCUT2D eigenvalue weighted by molar-refractivity contribution is 0.0731. The van der Waals surface area contributed by atoms with Crippen LogP contribution in [-0.4, -0.2) is 53.2 Å². The zero-order valence-electron chi connectivity index (χ0n) is 14.4. The minimum Gasteiger partial charge on any atom is -0.485 e. The van der Waals surface area contributed by atoms with Gasteiger partial charge in [-0.2, -0.15) is 0 Å². The van der Waals surface area contributed by atoms with E-state index in [4.69, 9.17) is 9.26 Å². The summed E-state index contributed by atoms with van der Waals surface area (Å²) in [7, 11) is 0. The van der Waals surface area contributed by atoms with Crippen molar-refractivity contribution in [3.8, 4) is 5.75 Å². The molecule has 2 aliphatic heterocycles. The van der Waals surface area contributed by atoms with E-state index >= 15 is 0 Å². The van der Waals surface area contributed by atoms with Crippen molar-refractivity contribution >= 4 is 11.7 Å². The first kappa shape index (κ1) is 15.9. The van der Waals surface area contributed by atoms with Gasteiger partial charge in [-0.1, -0.05) is 5.16 Å². The molecule has 2 saturated heterocycles. The van der Waals surface area contributed by atoms with E-state index in [1.165, 1.54) is 12.8 Å². The predicted octanol–water partition coefficient (Wildman–Crippen LogP) is 2.27. The summed E-state index contributed by atoms with van der Waals surface area (Å²) in [6.45, 7) is 5.05. The summed E-state index contributed by atoms with van der Waals surface area (Å²) in [4.78, 5) is 21.0. The zero-order chi connectivity index (χ0) is 17.2. The third-order valence-corrected chi connectivity index (χ3v) is 4.72. The molecule has 0 spiro atoms. The van der Waals surface area contributed by atoms with E-state index in [1.54, 1.807) is 24.1 Å². The number of amides is 1. The molecule has 1 atom stereocenters. The van der Waals surface area contributed by atoms with Crippen LogP contribution in [-0.2, 0) is 0 Å². The van der Waals surface area contributed by atoms with Crippen LogP contribution in [0.1, 0.15) is 35.5 Å². The summed E-state index contributed by atoms with van der Waals surface area (Å²) in [6.07, 6.45) is 4.96. The second-order valence-corrected chi connectivity index (χ2v) is 6.63. The van der Waals surface area contributed by atoms with Crippen molar-refractivity contribution in [2.24, 2.45) is 0 Å². The molecule has 0 radical (unpaired) electrons. The van der Waals surface area contributed by atoms with Gasteiger partial charge in [-0.25, -0.2) is 4.98 Å². The maximum absolute atomic E-state index is 12.5. The van der Waals surface area contributed by atoms with Gasteiger partial charge >= 0.3 is 0 Å². The molecule has 1 amide bonds. The lowest BCUT2D eigenvalue weighted by Crippen LogP contribution is -2.31. The van der Waals surface area contributed by atoms with E-state index in [2.05, 4.69) is 15.0 Å². The zero-order valence-corrected chi connectivity index (χ0v) is 14.4. The van der Waals surface area contributed by atoms with Gasteiger partial charge in [-0.05, 0) is 31.9 Å². The number of hydrogen-bond acceptors (Lipinski definition) is 6. The average Bonchev–Trinajstić information content (AvgIpc) is 3.36. The van der Waals surface area contributed by atoms with Crippen LogP contribution in [0.2, 0.25) is 0 Å². The number of carbonyl (C=O) groups is 1. The van der Waals surface area contributed by atoms with E-state index < -0.39 is 0 Å². The molecule has 2 aliphatic rings. The van der Waals surface area contributed by atoms with E-state index in [9.17, 15) is 4.79 Å². The quantitative estimate of drug-likeness (QED) is 0.849. The molecule has 2 aromatic heterocycles. The predicted molar refractivity (Wildman–Crippen MR) is 91.9 cm³/mol. The minimum atomic E-state index is -0.127. The van der Waals surface area contributed by atoms with Crippen molar-refractivity contribution in [1.29, 1.82) is 0 Å². The Morgan fingerprint density at radius 2 is 2.16 bits per heavy atom. The molecule has 7 heteroatoms. The fraction of sp³-hybridized carbons (Fsp3) is 0.500. The number of anilines is 1. The third-order valence-electron chi connectivity index (χ3n) is 4.72. The monoisotopic (exact) mass is 342 g/mol. The number of hydrogen-bond donors (Lipinski definition) is 0. The van der Waals surface area contributed by atoms with Crippen LogP contribution in [0.25, 0.3) is 0 Å². The molecular formula is C18H22N4O3. The highest BCUT2D eigenvalue weighted by atomic mass is 16.5. The van der Waals surface area contributed by atoms with Gasteiger partial charge in [0.15, 0.2) is 11.6 Å². The van der Waals surface area contributed by atoms with Gasteiger partial charge in [0, 0.05) is 38.3 Å². The number of pyridine rings is 1. The maximum Gasteiger partial charge on any atom is 0.292 e. The van der Waals surface area contributed by atoms with Gasteiger partial charge in [0.2, 0.25) is 5.76 Å².